The maximum atomic E-state index is 13.1. The van der Waals surface area contributed by atoms with Gasteiger partial charge in [-0.05, 0) is 219 Å². The van der Waals surface area contributed by atoms with Gasteiger partial charge in [0, 0.05) is 99.0 Å². The Morgan fingerprint density at radius 2 is 0.783 bits per heavy atom. The average molecular weight is 1960 g/mol. The van der Waals surface area contributed by atoms with E-state index < -0.39 is 41.4 Å². The summed E-state index contributed by atoms with van der Waals surface area (Å²) in [5.41, 5.74) is 19.2. The zero-order chi connectivity index (χ0) is 101. The summed E-state index contributed by atoms with van der Waals surface area (Å²) in [7, 11) is 2.60. The van der Waals surface area contributed by atoms with E-state index in [1.54, 1.807) is 122 Å². The lowest BCUT2D eigenvalue weighted by atomic mass is 9.99. The highest BCUT2D eigenvalue weighted by atomic mass is 35.5. The van der Waals surface area contributed by atoms with Gasteiger partial charge in [0.05, 0.1) is 30.9 Å². The highest BCUT2D eigenvalue weighted by Crippen LogP contribution is 2.28. The number of anilines is 8. The van der Waals surface area contributed by atoms with Crippen molar-refractivity contribution in [3.05, 3.63) is 295 Å². The molecular weight excluding hydrogens is 1850 g/mol. The summed E-state index contributed by atoms with van der Waals surface area (Å²) in [4.78, 5) is 129. The molecule has 43 nitrogen and oxygen atoms in total. The Hall–Kier alpha value is -17.6. The molecule has 0 aliphatic carbocycles. The number of rotatable bonds is 19. The fraction of sp³-hybridized carbons (Fsp3) is 0.253. The van der Waals surface area contributed by atoms with Crippen LogP contribution in [0.5, 0.6) is 5.75 Å². The summed E-state index contributed by atoms with van der Waals surface area (Å²) in [6.45, 7) is 21.6. The van der Waals surface area contributed by atoms with Crippen molar-refractivity contribution in [1.82, 2.24) is 109 Å². The first-order chi connectivity index (χ1) is 68.6. The van der Waals surface area contributed by atoms with Crippen molar-refractivity contribution in [2.45, 2.75) is 126 Å². The van der Waals surface area contributed by atoms with Crippen molar-refractivity contribution >= 4 is 105 Å². The molecule has 0 saturated carbocycles. The predicted molar refractivity (Wildman–Crippen MR) is 540 cm³/mol. The van der Waals surface area contributed by atoms with E-state index >= 15 is 0 Å². The van der Waals surface area contributed by atoms with Crippen molar-refractivity contribution in [1.29, 1.82) is 0 Å². The van der Waals surface area contributed by atoms with E-state index in [-0.39, 0.29) is 60.0 Å². The molecule has 0 unspecified atom stereocenters. The smallest absolute Gasteiger partial charge is 0.409 e. The third-order valence-corrected chi connectivity index (χ3v) is 20.6. The molecule has 15 aromatic rings. The molecule has 0 radical (unpaired) electrons. The zero-order valence-corrected chi connectivity index (χ0v) is 80.1. The lowest BCUT2D eigenvalue weighted by Gasteiger charge is -2.29. The van der Waals surface area contributed by atoms with Crippen LogP contribution in [0.25, 0.3) is 46.1 Å². The second-order valence-electron chi connectivity index (χ2n) is 32.0. The van der Waals surface area contributed by atoms with Gasteiger partial charge < -0.3 is 64.0 Å². The number of ether oxygens (including phenoxy) is 4. The third kappa shape index (κ3) is 33.1. The molecule has 7 amide bonds. The van der Waals surface area contributed by atoms with Gasteiger partial charge in [-0.1, -0.05) is 98.4 Å². The number of para-hydroxylation sites is 1. The molecule has 1 fully saturated rings. The first-order valence-corrected chi connectivity index (χ1v) is 45.0. The van der Waals surface area contributed by atoms with Crippen LogP contribution in [0.1, 0.15) is 164 Å². The van der Waals surface area contributed by atoms with Gasteiger partial charge in [-0.2, -0.15) is 0 Å². The number of benzene rings is 3. The van der Waals surface area contributed by atoms with Crippen LogP contribution < -0.4 is 53.4 Å². The molecule has 12 aromatic heterocycles. The number of aromatic nitrogens is 20. The van der Waals surface area contributed by atoms with Crippen LogP contribution in [0, 0.1) is 0 Å². The van der Waals surface area contributed by atoms with E-state index in [9.17, 15) is 38.4 Å². The summed E-state index contributed by atoms with van der Waals surface area (Å²) in [5, 5.41) is 60.0. The SMILES string of the molecule is C.C1CCOC1.CC(C)n1cnnc1-c1cccc(N)n1.CC(C)n1cnnc1-c1cccc(NC(=O)Nc2cc(C(=O)N3CCc4ccccc4C3)ccn2)n1.CC(C)n1cnnc1-c1cccc(NC(=O)Nc2cc(C(=O)O)ccn2)n1.COC(=O)c1ccnc(N)c1.COC(=O)c1ccnc(NC(=O)Nc2cccc(-c3nncn3C(C)C)n2)c1.O=C(Cl)Oc1ccccc1.c1ccc2c(c1)CCNC2. The van der Waals surface area contributed by atoms with Crippen molar-refractivity contribution in [2.24, 2.45) is 0 Å². The minimum absolute atomic E-state index is 0. The number of urea groups is 3. The first-order valence-electron chi connectivity index (χ1n) is 44.7. The quantitative estimate of drug-likeness (QED) is 0.0265. The van der Waals surface area contributed by atoms with Crippen molar-refractivity contribution < 1.29 is 62.4 Å². The second-order valence-corrected chi connectivity index (χ2v) is 32.3. The number of nitrogens with zero attached hydrogens (tertiary/aromatic N) is 21. The summed E-state index contributed by atoms with van der Waals surface area (Å²) < 4.78 is 26.2. The number of halogens is 1. The lowest BCUT2D eigenvalue weighted by molar-refractivity contribution is 0.0592. The number of carbonyl (C=O) groups excluding carboxylic acids is 7. The number of esters is 2. The molecule has 0 atom stereocenters. The number of aromatic carboxylic acids is 1. The second kappa shape index (κ2) is 54.5. The van der Waals surface area contributed by atoms with Gasteiger partial charge in [-0.15, -0.1) is 40.8 Å². The maximum absolute atomic E-state index is 13.1. The largest absolute Gasteiger partial charge is 0.478 e. The first kappa shape index (κ1) is 107. The highest BCUT2D eigenvalue weighted by Gasteiger charge is 2.25. The minimum atomic E-state index is -1.11. The van der Waals surface area contributed by atoms with Crippen molar-refractivity contribution in [3.63, 3.8) is 0 Å². The number of amides is 7. The van der Waals surface area contributed by atoms with E-state index in [1.165, 1.54) is 105 Å². The minimum Gasteiger partial charge on any atom is -0.478 e. The Kier molecular flexibility index (Phi) is 41.0. The van der Waals surface area contributed by atoms with Crippen LogP contribution in [-0.4, -0.2) is 197 Å². The topological polar surface area (TPSA) is 559 Å². The Morgan fingerprint density at radius 1 is 0.413 bits per heavy atom. The zero-order valence-electron chi connectivity index (χ0n) is 79.3. The van der Waals surface area contributed by atoms with Crippen LogP contribution >= 0.6 is 11.6 Å². The highest BCUT2D eigenvalue weighted by molar-refractivity contribution is 6.61. The summed E-state index contributed by atoms with van der Waals surface area (Å²) in [5.74, 6) is 3.26. The van der Waals surface area contributed by atoms with E-state index in [0.29, 0.717) is 99.7 Å². The van der Waals surface area contributed by atoms with Crippen LogP contribution in [-0.2, 0) is 40.1 Å². The fourth-order valence-corrected chi connectivity index (χ4v) is 13.6. The third-order valence-electron chi connectivity index (χ3n) is 20.5. The fourth-order valence-electron chi connectivity index (χ4n) is 13.5. The number of hydrogen-bond donors (Lipinski definition) is 10. The number of nitrogens with two attached hydrogens (primary N) is 2. The molecule has 0 spiro atoms. The van der Waals surface area contributed by atoms with Gasteiger partial charge in [0.2, 0.25) is 0 Å². The predicted octanol–water partition coefficient (Wildman–Crippen LogP) is 16.7. The molecule has 12 N–H and O–H groups in total. The number of nitrogen functional groups attached to an aromatic ring is 2. The number of carboxylic acid groups (broad SMARTS) is 1. The van der Waals surface area contributed by atoms with E-state index in [1.807, 2.05) is 107 Å². The van der Waals surface area contributed by atoms with Crippen LogP contribution in [0.3, 0.4) is 0 Å². The number of hydrogen-bond acceptors (Lipinski definition) is 31. The summed E-state index contributed by atoms with van der Waals surface area (Å²) in [6, 6.07) is 57.4. The molecular formula is C99H111ClN30O13. The normalized spacial score (nSPS) is 11.8. The van der Waals surface area contributed by atoms with Crippen LogP contribution in [0.2, 0.25) is 0 Å². The Labute approximate surface area is 829 Å². The van der Waals surface area contributed by atoms with Crippen LogP contribution in [0.4, 0.5) is 65.7 Å². The molecule has 44 heteroatoms. The number of pyridine rings is 8. The van der Waals surface area contributed by atoms with Gasteiger partial charge in [-0.25, -0.2) is 73.4 Å². The van der Waals surface area contributed by atoms with Gasteiger partial charge in [0.15, 0.2) is 23.3 Å². The monoisotopic (exact) mass is 1960 g/mol. The number of nitrogens with one attached hydrogen (secondary N) is 7. The summed E-state index contributed by atoms with van der Waals surface area (Å²) >= 11 is 4.95. The van der Waals surface area contributed by atoms with Crippen molar-refractivity contribution in [2.75, 3.05) is 83.9 Å². The molecule has 3 aliphatic heterocycles. The Morgan fingerprint density at radius 3 is 1.18 bits per heavy atom. The van der Waals surface area contributed by atoms with E-state index in [2.05, 4.69) is 176 Å². The molecule has 3 aliphatic rings. The van der Waals surface area contributed by atoms with Gasteiger partial charge in [0.25, 0.3) is 5.91 Å². The number of fused-ring (bicyclic) bond motifs is 2. The number of carboxylic acids is 1. The van der Waals surface area contributed by atoms with Gasteiger partial charge >= 0.3 is 41.4 Å². The Bertz CT molecular complexity index is 6700. The average Bonchev–Trinajstić information content (AvgIpc) is 1.68. The van der Waals surface area contributed by atoms with Gasteiger partial charge in [0.1, 0.15) is 100 Å². The molecule has 143 heavy (non-hydrogen) atoms. The van der Waals surface area contributed by atoms with E-state index in [0.717, 1.165) is 49.8 Å². The molecule has 742 valence electrons. The lowest BCUT2D eigenvalue weighted by Crippen LogP contribution is -2.36. The molecule has 18 rings (SSSR count). The molecule has 0 bridgehead atoms. The summed E-state index contributed by atoms with van der Waals surface area (Å²) in [6.07, 6.45) is 16.8. The molecule has 15 heterocycles. The molecule has 1 saturated heterocycles. The van der Waals surface area contributed by atoms with E-state index in [4.69, 9.17) is 32.9 Å². The van der Waals surface area contributed by atoms with Gasteiger partial charge in [-0.3, -0.25) is 36.7 Å². The number of methoxy groups -OCH3 is 2. The van der Waals surface area contributed by atoms with Crippen LogP contribution in [0.15, 0.2) is 250 Å². The Balaban J connectivity index is 0.000000178. The maximum Gasteiger partial charge on any atom is 0.409 e. The molecule has 3 aromatic carbocycles. The number of carbonyl (C=O) groups is 8. The van der Waals surface area contributed by atoms with Crippen molar-refractivity contribution in [3.8, 4) is 51.8 Å². The standard InChI is InChI=1S/C26H26N8O2.C18H19N7O3.C17H17N7O3.C10H13N5.C9H11N.C7H5ClO2.C7H8N2O2.C4H8O.CH4/c1-17(2)34-16-28-32-24(34)21-8-5-9-22(29-21)30-26(36)31-23-14-19(10-12-27-23)25(35)33-13-11-18-6-3-4-7-20(18)15-33;1-11(2)25-10-20-24-16(25)13-5-4-6-14(21-13)22-18(27)23-15-9-12(7-8-19-15)17(26)28-3;1-10(2)24-9-19-23-15(24)12-4-3-5-13(20-12)21-17(27)22-14-8-11(16(25)26)6-7-18-14;1-7(2)15-6-12-14-10(15)8-4-3-5-9(11)13-8;1-2-4-9-7-10-6-5-8(9)3-1;8-7(9)10-6-4-2-1-3-5-6;1-11-7(10)5-2-3-9-6(8)4-5;1-2-4-5-3-1;/h3-10,12,14,16-17H,11,13,15H2,1-2H3,(H2,27,29,30,31,36);4-11H,1-3H3,(H2,19,21,22,23,27);3-10H,1-2H3,(H,25,26)(H2,18,20,21,22,27);3-7H,1-2H3,(H2,11,13);1-4,10H,5-7H2;1-5H;2-4H,1H3,(H2,8,9);1-4H2;1H4.